The van der Waals surface area contributed by atoms with Gasteiger partial charge in [-0.15, -0.1) is 10.2 Å². The zero-order valence-electron chi connectivity index (χ0n) is 23.4. The number of aromatic nitrogens is 1. The summed E-state index contributed by atoms with van der Waals surface area (Å²) in [4.78, 5) is 11.9. The molecule has 0 aliphatic carbocycles. The average molecular weight is 534 g/mol. The Balaban J connectivity index is 1.89. The van der Waals surface area contributed by atoms with Crippen molar-refractivity contribution in [1.29, 1.82) is 0 Å². The van der Waals surface area contributed by atoms with Crippen molar-refractivity contribution in [2.24, 2.45) is 22.7 Å². The number of oxazole rings is 1. The standard InChI is InChI=1S/C31H36ClN3O3/c1-29(2,3)18-30(4,5)20-14-21(31(6,7)19-12-10-9-11-13-19)27(36)24(15-20)34-33-23-17-26-25(16-22(23)32)35(8)28(37)38-26/h9-17,36H,18H2,1-8H3. The summed E-state index contributed by atoms with van der Waals surface area (Å²) in [5.41, 5.74) is 3.96. The number of nitrogens with zero attached hydrogens (tertiary/aromatic N) is 3. The third-order valence-corrected chi connectivity index (χ3v) is 7.44. The maximum absolute atomic E-state index is 11.9. The third-order valence-electron chi connectivity index (χ3n) is 7.14. The molecule has 0 fully saturated rings. The number of hydrogen-bond donors (Lipinski definition) is 1. The van der Waals surface area contributed by atoms with Crippen molar-refractivity contribution in [3.63, 3.8) is 0 Å². The molecular weight excluding hydrogens is 498 g/mol. The van der Waals surface area contributed by atoms with Gasteiger partial charge < -0.3 is 9.52 Å². The Morgan fingerprint density at radius 2 is 1.53 bits per heavy atom. The monoisotopic (exact) mass is 533 g/mol. The van der Waals surface area contributed by atoms with Crippen LogP contribution in [0.5, 0.6) is 5.75 Å². The highest BCUT2D eigenvalue weighted by atomic mass is 35.5. The third kappa shape index (κ3) is 5.41. The first-order chi connectivity index (χ1) is 17.6. The molecule has 6 nitrogen and oxygen atoms in total. The maximum atomic E-state index is 11.9. The minimum Gasteiger partial charge on any atom is -0.505 e. The summed E-state index contributed by atoms with van der Waals surface area (Å²) in [6.45, 7) is 15.3. The molecular formula is C31H36ClN3O3. The number of aryl methyl sites for hydroxylation is 1. The van der Waals surface area contributed by atoms with E-state index in [-0.39, 0.29) is 16.6 Å². The number of halogens is 1. The molecule has 38 heavy (non-hydrogen) atoms. The SMILES string of the molecule is Cn1c(=O)oc2cc(N=Nc3cc(C(C)(C)CC(C)(C)C)cc(C(C)(C)c4ccccc4)c3O)c(Cl)cc21. The van der Waals surface area contributed by atoms with Crippen LogP contribution in [0.15, 0.2) is 74.0 Å². The normalized spacial score (nSPS) is 13.1. The Morgan fingerprint density at radius 1 is 0.895 bits per heavy atom. The van der Waals surface area contributed by atoms with E-state index in [4.69, 9.17) is 16.0 Å². The van der Waals surface area contributed by atoms with E-state index in [1.54, 1.807) is 19.2 Å². The zero-order valence-corrected chi connectivity index (χ0v) is 24.1. The fraction of sp³-hybridized carbons (Fsp3) is 0.387. The van der Waals surface area contributed by atoms with Crippen molar-refractivity contribution in [3.05, 3.63) is 86.9 Å². The predicted molar refractivity (Wildman–Crippen MR) is 154 cm³/mol. The summed E-state index contributed by atoms with van der Waals surface area (Å²) in [6.07, 6.45) is 0.933. The first-order valence-electron chi connectivity index (χ1n) is 12.7. The van der Waals surface area contributed by atoms with Crippen LogP contribution in [0.2, 0.25) is 5.02 Å². The Kier molecular flexibility index (Phi) is 7.08. The molecule has 0 unspecified atom stereocenters. The fourth-order valence-electron chi connectivity index (χ4n) is 5.32. The lowest BCUT2D eigenvalue weighted by Crippen LogP contribution is -2.26. The van der Waals surface area contributed by atoms with Crippen molar-refractivity contribution in [2.75, 3.05) is 0 Å². The average Bonchev–Trinajstić information content (AvgIpc) is 3.09. The lowest BCUT2D eigenvalue weighted by molar-refractivity contribution is 0.283. The minimum absolute atomic E-state index is 0.0707. The van der Waals surface area contributed by atoms with Gasteiger partial charge in [0, 0.05) is 24.1 Å². The van der Waals surface area contributed by atoms with Crippen LogP contribution in [0.25, 0.3) is 11.1 Å². The molecule has 0 saturated carbocycles. The molecule has 0 aliphatic heterocycles. The topological polar surface area (TPSA) is 80.1 Å². The predicted octanol–water partition coefficient (Wildman–Crippen LogP) is 8.95. The lowest BCUT2D eigenvalue weighted by atomic mass is 9.70. The Hall–Kier alpha value is -3.38. The molecule has 200 valence electrons. The van der Waals surface area contributed by atoms with Gasteiger partial charge >= 0.3 is 5.76 Å². The molecule has 0 amide bonds. The van der Waals surface area contributed by atoms with Gasteiger partial charge in [-0.05, 0) is 40.5 Å². The van der Waals surface area contributed by atoms with Gasteiger partial charge in [0.15, 0.2) is 5.58 Å². The molecule has 0 spiro atoms. The molecule has 1 aromatic heterocycles. The van der Waals surface area contributed by atoms with Gasteiger partial charge in [-0.2, -0.15) is 0 Å². The quantitative estimate of drug-likeness (QED) is 0.251. The number of benzene rings is 3. The van der Waals surface area contributed by atoms with Gasteiger partial charge in [-0.25, -0.2) is 4.79 Å². The Morgan fingerprint density at radius 3 is 2.16 bits per heavy atom. The van der Waals surface area contributed by atoms with Gasteiger partial charge in [0.25, 0.3) is 0 Å². The number of hydrogen-bond acceptors (Lipinski definition) is 5. The largest absolute Gasteiger partial charge is 0.505 e. The van der Waals surface area contributed by atoms with Crippen molar-refractivity contribution in [2.45, 2.75) is 65.7 Å². The van der Waals surface area contributed by atoms with E-state index in [2.05, 4.69) is 76.9 Å². The van der Waals surface area contributed by atoms with Crippen LogP contribution >= 0.6 is 11.6 Å². The first-order valence-corrected chi connectivity index (χ1v) is 13.1. The number of phenols is 1. The van der Waals surface area contributed by atoms with Gasteiger partial charge in [0.1, 0.15) is 17.1 Å². The molecule has 3 aromatic carbocycles. The van der Waals surface area contributed by atoms with Crippen molar-refractivity contribution in [1.82, 2.24) is 4.57 Å². The van der Waals surface area contributed by atoms with Crippen LogP contribution in [0.4, 0.5) is 11.4 Å². The molecule has 0 aliphatic rings. The van der Waals surface area contributed by atoms with Crippen LogP contribution < -0.4 is 5.76 Å². The smallest absolute Gasteiger partial charge is 0.419 e. The second-order valence-electron chi connectivity index (χ2n) is 12.4. The summed E-state index contributed by atoms with van der Waals surface area (Å²) in [6, 6.07) is 17.3. The van der Waals surface area contributed by atoms with Crippen LogP contribution in [0.3, 0.4) is 0 Å². The van der Waals surface area contributed by atoms with E-state index in [1.807, 2.05) is 24.3 Å². The van der Waals surface area contributed by atoms with E-state index >= 15 is 0 Å². The number of fused-ring (bicyclic) bond motifs is 1. The molecule has 0 radical (unpaired) electrons. The van der Waals surface area contributed by atoms with Gasteiger partial charge in [-0.3, -0.25) is 4.57 Å². The van der Waals surface area contributed by atoms with Crippen LogP contribution in [0.1, 0.15) is 71.6 Å². The summed E-state index contributed by atoms with van der Waals surface area (Å²) in [7, 11) is 1.62. The highest BCUT2D eigenvalue weighted by Gasteiger charge is 2.33. The second-order valence-corrected chi connectivity index (χ2v) is 12.8. The van der Waals surface area contributed by atoms with Gasteiger partial charge in [0.2, 0.25) is 0 Å². The molecule has 4 aromatic rings. The highest BCUT2D eigenvalue weighted by Crippen LogP contribution is 2.47. The Labute approximate surface area is 229 Å². The number of rotatable bonds is 6. The van der Waals surface area contributed by atoms with Crippen molar-refractivity contribution < 1.29 is 9.52 Å². The van der Waals surface area contributed by atoms with E-state index < -0.39 is 11.2 Å². The maximum Gasteiger partial charge on any atom is 0.419 e. The van der Waals surface area contributed by atoms with E-state index in [0.717, 1.165) is 23.1 Å². The highest BCUT2D eigenvalue weighted by molar-refractivity contribution is 6.33. The summed E-state index contributed by atoms with van der Waals surface area (Å²) in [5.74, 6) is -0.411. The van der Waals surface area contributed by atoms with E-state index in [0.29, 0.717) is 27.5 Å². The molecule has 1 heterocycles. The molecule has 0 atom stereocenters. The van der Waals surface area contributed by atoms with Crippen LogP contribution in [0, 0.1) is 5.41 Å². The minimum atomic E-state index is -0.493. The summed E-state index contributed by atoms with van der Waals surface area (Å²) in [5, 5.41) is 20.7. The van der Waals surface area contributed by atoms with Gasteiger partial charge in [-0.1, -0.05) is 96.5 Å². The molecule has 1 N–H and O–H groups in total. The molecule has 0 saturated heterocycles. The lowest BCUT2D eigenvalue weighted by Gasteiger charge is -2.35. The van der Waals surface area contributed by atoms with Crippen molar-refractivity contribution in [3.8, 4) is 5.75 Å². The van der Waals surface area contributed by atoms with Crippen molar-refractivity contribution >= 4 is 34.1 Å². The van der Waals surface area contributed by atoms with Crippen LogP contribution in [-0.2, 0) is 17.9 Å². The van der Waals surface area contributed by atoms with Crippen LogP contribution in [-0.4, -0.2) is 9.67 Å². The molecule has 4 rings (SSSR count). The first kappa shape index (κ1) is 27.6. The summed E-state index contributed by atoms with van der Waals surface area (Å²) >= 11 is 6.48. The van der Waals surface area contributed by atoms with E-state index in [9.17, 15) is 9.90 Å². The molecule has 7 heteroatoms. The van der Waals surface area contributed by atoms with Gasteiger partial charge in [0.05, 0.1) is 10.5 Å². The summed E-state index contributed by atoms with van der Waals surface area (Å²) < 4.78 is 6.67. The number of azo groups is 1. The second kappa shape index (κ2) is 9.73. The number of phenolic OH excluding ortho intramolecular Hbond substituents is 1. The fourth-order valence-corrected chi connectivity index (χ4v) is 5.52. The Bertz CT molecular complexity index is 1570. The molecule has 0 bridgehead atoms. The zero-order chi connectivity index (χ0) is 28.0. The van der Waals surface area contributed by atoms with E-state index in [1.165, 1.54) is 4.57 Å². The number of aromatic hydroxyl groups is 1.